The molecule has 1 aromatic rings. The van der Waals surface area contributed by atoms with Gasteiger partial charge in [-0.15, -0.1) is 0 Å². The summed E-state index contributed by atoms with van der Waals surface area (Å²) in [5, 5.41) is 4.30. The minimum Gasteiger partial charge on any atom is -0.465 e. The van der Waals surface area contributed by atoms with Crippen molar-refractivity contribution in [3.63, 3.8) is 0 Å². The number of rotatable bonds is 7. The largest absolute Gasteiger partial charge is 0.465 e. The second-order valence-electron chi connectivity index (χ2n) is 21.2. The summed E-state index contributed by atoms with van der Waals surface area (Å²) in [6.45, 7) is 31.2. The standard InChI is InChI=1S/C48H73N3O4/c1-32(2)35-18-23-48(49-26-27-50-28-30-51(31-29-50)42(53)55-43(3,4)5)25-24-46(9)37(40(35)48)16-17-39-45(8)21-19-36(33-12-14-34(15-13-33)41(52)54-11)44(6,7)38(45)20-22-47(39,46)10/h12-15,19,35,37-40,49H,1,16-18,20-31H2,2-11H3/t35-,37+,38-,39+,40+,45-,46+,47+,48-/m0/s1. The van der Waals surface area contributed by atoms with Crippen molar-refractivity contribution in [1.82, 2.24) is 15.1 Å². The predicted octanol–water partition coefficient (Wildman–Crippen LogP) is 10.0. The first kappa shape index (κ1) is 40.6. The summed E-state index contributed by atoms with van der Waals surface area (Å²) in [4.78, 5) is 29.3. The zero-order chi connectivity index (χ0) is 39.8. The molecule has 0 spiro atoms. The number of fused-ring (bicyclic) bond motifs is 7. The van der Waals surface area contributed by atoms with Gasteiger partial charge < -0.3 is 19.7 Å². The Bertz CT molecular complexity index is 1670. The minimum atomic E-state index is -0.460. The number of benzene rings is 1. The van der Waals surface area contributed by atoms with Crippen molar-refractivity contribution >= 4 is 17.6 Å². The highest BCUT2D eigenvalue weighted by Gasteiger charge is 2.70. The minimum absolute atomic E-state index is 0.0450. The van der Waals surface area contributed by atoms with Crippen molar-refractivity contribution in [3.05, 3.63) is 53.6 Å². The third kappa shape index (κ3) is 6.73. The molecule has 1 heterocycles. The molecule has 6 aliphatic rings. The molecule has 1 N–H and O–H groups in total. The summed E-state index contributed by atoms with van der Waals surface area (Å²) in [6, 6.07) is 8.13. The number of carbonyl (C=O) groups excluding carboxylic acids is 2. The Morgan fingerprint density at radius 2 is 1.56 bits per heavy atom. The Balaban J connectivity index is 1.07. The quantitative estimate of drug-likeness (QED) is 0.221. The van der Waals surface area contributed by atoms with Gasteiger partial charge in [-0.2, -0.15) is 0 Å². The van der Waals surface area contributed by atoms with Crippen molar-refractivity contribution in [2.45, 2.75) is 131 Å². The number of hydrogen-bond acceptors (Lipinski definition) is 6. The van der Waals surface area contributed by atoms with Gasteiger partial charge in [-0.25, -0.2) is 9.59 Å². The van der Waals surface area contributed by atoms with Crippen molar-refractivity contribution in [2.75, 3.05) is 46.4 Å². The van der Waals surface area contributed by atoms with E-state index >= 15 is 0 Å². The fourth-order valence-corrected chi connectivity index (χ4v) is 14.4. The van der Waals surface area contributed by atoms with Gasteiger partial charge in [-0.3, -0.25) is 4.90 Å². The lowest BCUT2D eigenvalue weighted by Gasteiger charge is -2.72. The summed E-state index contributed by atoms with van der Waals surface area (Å²) < 4.78 is 10.6. The smallest absolute Gasteiger partial charge is 0.410 e. The molecule has 5 fully saturated rings. The third-order valence-electron chi connectivity index (χ3n) is 17.2. The number of hydrogen-bond donors (Lipinski definition) is 1. The summed E-state index contributed by atoms with van der Waals surface area (Å²) in [6.07, 6.45) is 13.9. The van der Waals surface area contributed by atoms with Crippen molar-refractivity contribution < 1.29 is 19.1 Å². The van der Waals surface area contributed by atoms with E-state index in [4.69, 9.17) is 9.47 Å². The molecule has 0 radical (unpaired) electrons. The van der Waals surface area contributed by atoms with Crippen LogP contribution < -0.4 is 5.32 Å². The van der Waals surface area contributed by atoms with Crippen LogP contribution in [0.2, 0.25) is 0 Å². The highest BCUT2D eigenvalue weighted by atomic mass is 16.6. The second kappa shape index (κ2) is 14.3. The van der Waals surface area contributed by atoms with Crippen LogP contribution in [0.3, 0.4) is 0 Å². The van der Waals surface area contributed by atoms with E-state index in [1.54, 1.807) is 0 Å². The predicted molar refractivity (Wildman–Crippen MR) is 223 cm³/mol. The molecule has 0 bridgehead atoms. The van der Waals surface area contributed by atoms with E-state index < -0.39 is 5.60 Å². The Morgan fingerprint density at radius 3 is 2.20 bits per heavy atom. The van der Waals surface area contributed by atoms with Crippen LogP contribution in [0.5, 0.6) is 0 Å². The molecule has 7 heteroatoms. The Kier molecular flexibility index (Phi) is 10.6. The number of piperazine rings is 1. The number of amides is 1. The molecular weight excluding hydrogens is 683 g/mol. The van der Waals surface area contributed by atoms with Gasteiger partial charge in [-0.1, -0.05) is 65.0 Å². The molecule has 1 saturated heterocycles. The van der Waals surface area contributed by atoms with E-state index in [0.29, 0.717) is 46.0 Å². The molecule has 1 aliphatic heterocycles. The van der Waals surface area contributed by atoms with E-state index in [1.165, 1.54) is 75.2 Å². The SMILES string of the molecule is C=C(C)[C@@H]1CC[C@]2(NCCN3CCN(C(=O)OC(C)(C)C)CC3)CC[C@]3(C)[C@H](CC[C@@H]4[C@@]5(C)CC=C(c6ccc(C(=O)OC)cc6)C(C)(C)[C@@H]5CC[C@]43C)[C@@H]12. The zero-order valence-corrected chi connectivity index (χ0v) is 36.1. The van der Waals surface area contributed by atoms with Crippen LogP contribution in [0.4, 0.5) is 4.79 Å². The van der Waals surface area contributed by atoms with Crippen LogP contribution in [-0.4, -0.2) is 79.4 Å². The molecule has 9 atom stereocenters. The Labute approximate surface area is 333 Å². The van der Waals surface area contributed by atoms with Crippen molar-refractivity contribution in [2.24, 2.45) is 51.2 Å². The maximum absolute atomic E-state index is 12.7. The first-order valence-corrected chi connectivity index (χ1v) is 21.8. The van der Waals surface area contributed by atoms with Gasteiger partial charge in [0.05, 0.1) is 12.7 Å². The topological polar surface area (TPSA) is 71.1 Å². The summed E-state index contributed by atoms with van der Waals surface area (Å²) in [5.41, 5.74) is 5.32. The van der Waals surface area contributed by atoms with Gasteiger partial charge in [-0.05, 0) is 160 Å². The van der Waals surface area contributed by atoms with Gasteiger partial charge in [0.25, 0.3) is 0 Å². The Hall–Kier alpha value is -2.64. The third-order valence-corrected chi connectivity index (χ3v) is 17.2. The molecule has 1 aromatic carbocycles. The van der Waals surface area contributed by atoms with E-state index in [0.717, 1.165) is 45.7 Å². The highest BCUT2D eigenvalue weighted by molar-refractivity contribution is 5.90. The molecule has 7 nitrogen and oxygen atoms in total. The van der Waals surface area contributed by atoms with Gasteiger partial charge >= 0.3 is 12.1 Å². The molecule has 0 aromatic heterocycles. The summed E-state index contributed by atoms with van der Waals surface area (Å²) in [5.74, 6) is 2.96. The van der Waals surface area contributed by atoms with E-state index in [2.05, 4.69) is 76.5 Å². The van der Waals surface area contributed by atoms with Crippen LogP contribution in [0.1, 0.15) is 136 Å². The van der Waals surface area contributed by atoms with Crippen molar-refractivity contribution in [1.29, 1.82) is 0 Å². The molecule has 304 valence electrons. The number of nitrogens with zero attached hydrogens (tertiary/aromatic N) is 2. The van der Waals surface area contributed by atoms with Crippen LogP contribution in [-0.2, 0) is 9.47 Å². The van der Waals surface area contributed by atoms with Crippen LogP contribution in [0.25, 0.3) is 5.57 Å². The Morgan fingerprint density at radius 1 is 0.873 bits per heavy atom. The lowest BCUT2D eigenvalue weighted by atomic mass is 9.33. The van der Waals surface area contributed by atoms with Crippen LogP contribution in [0.15, 0.2) is 42.5 Å². The number of carbonyl (C=O) groups is 2. The molecule has 5 aliphatic carbocycles. The van der Waals surface area contributed by atoms with E-state index in [1.807, 2.05) is 37.8 Å². The zero-order valence-electron chi connectivity index (χ0n) is 36.1. The monoisotopic (exact) mass is 756 g/mol. The number of ether oxygens (including phenoxy) is 2. The molecular formula is C48H73N3O4. The average Bonchev–Trinajstić information content (AvgIpc) is 3.51. The molecule has 7 rings (SSSR count). The number of methoxy groups -OCH3 is 1. The van der Waals surface area contributed by atoms with E-state index in [9.17, 15) is 9.59 Å². The molecule has 0 unspecified atom stereocenters. The average molecular weight is 756 g/mol. The first-order valence-electron chi connectivity index (χ1n) is 21.8. The number of esters is 1. The van der Waals surface area contributed by atoms with Crippen molar-refractivity contribution in [3.8, 4) is 0 Å². The van der Waals surface area contributed by atoms with Gasteiger partial charge in [0.2, 0.25) is 0 Å². The second-order valence-corrected chi connectivity index (χ2v) is 21.2. The van der Waals surface area contributed by atoms with Gasteiger partial charge in [0.15, 0.2) is 0 Å². The molecule has 4 saturated carbocycles. The summed E-state index contributed by atoms with van der Waals surface area (Å²) in [7, 11) is 1.45. The van der Waals surface area contributed by atoms with Crippen LogP contribution in [0, 0.1) is 51.2 Å². The number of allylic oxidation sites excluding steroid dienone is 3. The lowest BCUT2D eigenvalue weighted by Crippen LogP contribution is -2.68. The normalized spacial score (nSPS) is 38.5. The fourth-order valence-electron chi connectivity index (χ4n) is 14.4. The first-order chi connectivity index (χ1) is 25.8. The van der Waals surface area contributed by atoms with E-state index in [-0.39, 0.29) is 28.4 Å². The molecule has 55 heavy (non-hydrogen) atoms. The highest BCUT2D eigenvalue weighted by Crippen LogP contribution is 2.76. The lowest BCUT2D eigenvalue weighted by molar-refractivity contribution is -0.219. The van der Waals surface area contributed by atoms with Gasteiger partial charge in [0, 0.05) is 44.8 Å². The number of nitrogens with one attached hydrogen (secondary N) is 1. The summed E-state index contributed by atoms with van der Waals surface area (Å²) >= 11 is 0. The maximum Gasteiger partial charge on any atom is 0.410 e. The van der Waals surface area contributed by atoms with Crippen LogP contribution >= 0.6 is 0 Å². The maximum atomic E-state index is 12.7. The fraction of sp³-hybridized carbons (Fsp3) is 0.750. The van der Waals surface area contributed by atoms with Gasteiger partial charge in [0.1, 0.15) is 5.60 Å². The molecule has 1 amide bonds.